The molecule has 0 aliphatic carbocycles. The van der Waals surface area contributed by atoms with Crippen molar-refractivity contribution < 1.29 is 10.2 Å². The molecular formula is C13H20BrNO2. The third kappa shape index (κ3) is 3.98. The molecule has 1 rings (SSSR count). The molecule has 0 aromatic heterocycles. The van der Waals surface area contributed by atoms with Crippen molar-refractivity contribution >= 4 is 21.6 Å². The molecule has 0 fully saturated rings. The molecular weight excluding hydrogens is 282 g/mol. The molecule has 2 N–H and O–H groups in total. The van der Waals surface area contributed by atoms with Crippen LogP contribution in [0.15, 0.2) is 22.7 Å². The third-order valence-electron chi connectivity index (χ3n) is 2.76. The first kappa shape index (κ1) is 14.5. The van der Waals surface area contributed by atoms with Crippen LogP contribution in [0.2, 0.25) is 0 Å². The van der Waals surface area contributed by atoms with E-state index in [4.69, 9.17) is 5.11 Å². The minimum Gasteiger partial charge on any atom is -0.396 e. The lowest BCUT2D eigenvalue weighted by atomic mass is 10.1. The Labute approximate surface area is 111 Å². The summed E-state index contributed by atoms with van der Waals surface area (Å²) in [4.78, 5) is 2.20. The lowest BCUT2D eigenvalue weighted by molar-refractivity contribution is 0.199. The first-order valence-corrected chi connectivity index (χ1v) is 6.72. The number of hydrogen-bond acceptors (Lipinski definition) is 3. The van der Waals surface area contributed by atoms with E-state index in [1.807, 2.05) is 18.2 Å². The number of halogens is 1. The Morgan fingerprint density at radius 2 is 2.12 bits per heavy atom. The molecule has 4 heteroatoms. The molecule has 0 saturated carbocycles. The van der Waals surface area contributed by atoms with Gasteiger partial charge in [-0.15, -0.1) is 0 Å². The van der Waals surface area contributed by atoms with E-state index in [0.717, 1.165) is 35.2 Å². The van der Waals surface area contributed by atoms with Crippen molar-refractivity contribution in [3.63, 3.8) is 0 Å². The van der Waals surface area contributed by atoms with E-state index in [1.54, 1.807) is 6.92 Å². The molecule has 0 radical (unpaired) electrons. The van der Waals surface area contributed by atoms with Gasteiger partial charge in [-0.1, -0.05) is 6.07 Å². The van der Waals surface area contributed by atoms with Gasteiger partial charge in [0.15, 0.2) is 0 Å². The van der Waals surface area contributed by atoms with Crippen LogP contribution in [0.4, 0.5) is 5.69 Å². The molecule has 0 spiro atoms. The maximum absolute atomic E-state index is 9.51. The predicted molar refractivity (Wildman–Crippen MR) is 74.4 cm³/mol. The van der Waals surface area contributed by atoms with Gasteiger partial charge < -0.3 is 15.1 Å². The molecule has 0 bridgehead atoms. The summed E-state index contributed by atoms with van der Waals surface area (Å²) < 4.78 is 0.982. The van der Waals surface area contributed by atoms with Crippen LogP contribution in [0.1, 0.15) is 31.9 Å². The highest BCUT2D eigenvalue weighted by atomic mass is 79.9. The topological polar surface area (TPSA) is 43.7 Å². The summed E-state index contributed by atoms with van der Waals surface area (Å²) in [6, 6.07) is 5.89. The van der Waals surface area contributed by atoms with Gasteiger partial charge in [0.1, 0.15) is 0 Å². The minimum atomic E-state index is -0.451. The van der Waals surface area contributed by atoms with Crippen molar-refractivity contribution in [1.82, 2.24) is 0 Å². The smallest absolute Gasteiger partial charge is 0.0762 e. The average molecular weight is 302 g/mol. The van der Waals surface area contributed by atoms with Crippen molar-refractivity contribution in [3.05, 3.63) is 28.2 Å². The Kier molecular flexibility index (Phi) is 5.95. The molecule has 3 nitrogen and oxygen atoms in total. The molecule has 1 unspecified atom stereocenters. The van der Waals surface area contributed by atoms with E-state index < -0.39 is 6.10 Å². The number of nitrogens with zero attached hydrogens (tertiary/aromatic N) is 1. The van der Waals surface area contributed by atoms with Gasteiger partial charge in [0.2, 0.25) is 0 Å². The Morgan fingerprint density at radius 3 is 2.59 bits per heavy atom. The van der Waals surface area contributed by atoms with Gasteiger partial charge in [-0.05, 0) is 53.9 Å². The zero-order chi connectivity index (χ0) is 12.8. The Hall–Kier alpha value is -0.580. The summed E-state index contributed by atoms with van der Waals surface area (Å²) >= 11 is 3.53. The lowest BCUT2D eigenvalue weighted by Crippen LogP contribution is -2.25. The monoisotopic (exact) mass is 301 g/mol. The highest BCUT2D eigenvalue weighted by Crippen LogP contribution is 2.29. The molecule has 0 aliphatic rings. The fourth-order valence-electron chi connectivity index (χ4n) is 1.75. The second-order valence-electron chi connectivity index (χ2n) is 4.04. The predicted octanol–water partition coefficient (Wildman–Crippen LogP) is 2.71. The lowest BCUT2D eigenvalue weighted by Gasteiger charge is -2.24. The first-order chi connectivity index (χ1) is 8.10. The standard InChI is InChI=1S/C13H20BrNO2/c1-3-15(7-4-8-16)13-6-5-11(10(2)17)9-12(13)14/h5-6,9-10,16-17H,3-4,7-8H2,1-2H3. The summed E-state index contributed by atoms with van der Waals surface area (Å²) in [6.07, 6.45) is 0.311. The highest BCUT2D eigenvalue weighted by Gasteiger charge is 2.10. The fraction of sp³-hybridized carbons (Fsp3) is 0.538. The van der Waals surface area contributed by atoms with E-state index in [0.29, 0.717) is 0 Å². The van der Waals surface area contributed by atoms with Gasteiger partial charge in [0, 0.05) is 24.2 Å². The van der Waals surface area contributed by atoms with Crippen molar-refractivity contribution in [2.45, 2.75) is 26.4 Å². The Balaban J connectivity index is 2.88. The summed E-state index contributed by atoms with van der Waals surface area (Å²) in [6.45, 7) is 5.78. The fourth-order valence-corrected chi connectivity index (χ4v) is 2.40. The molecule has 0 heterocycles. The summed E-state index contributed by atoms with van der Waals surface area (Å²) in [7, 11) is 0. The normalized spacial score (nSPS) is 12.5. The van der Waals surface area contributed by atoms with Crippen LogP contribution < -0.4 is 4.90 Å². The average Bonchev–Trinajstić information content (AvgIpc) is 2.31. The second kappa shape index (κ2) is 6.99. The SMILES string of the molecule is CCN(CCCO)c1ccc(C(C)O)cc1Br. The van der Waals surface area contributed by atoms with E-state index in [9.17, 15) is 5.11 Å². The summed E-state index contributed by atoms with van der Waals surface area (Å²) in [5, 5.41) is 18.4. The van der Waals surface area contributed by atoms with Gasteiger partial charge in [-0.25, -0.2) is 0 Å². The molecule has 96 valence electrons. The molecule has 1 atom stereocenters. The quantitative estimate of drug-likeness (QED) is 0.849. The first-order valence-electron chi connectivity index (χ1n) is 5.93. The van der Waals surface area contributed by atoms with Gasteiger partial charge in [0.05, 0.1) is 11.8 Å². The van der Waals surface area contributed by atoms with Crippen LogP contribution in [0.5, 0.6) is 0 Å². The van der Waals surface area contributed by atoms with Gasteiger partial charge in [0.25, 0.3) is 0 Å². The van der Waals surface area contributed by atoms with Crippen molar-refractivity contribution in [1.29, 1.82) is 0 Å². The van der Waals surface area contributed by atoms with Crippen LogP contribution in [-0.4, -0.2) is 29.9 Å². The van der Waals surface area contributed by atoms with Gasteiger partial charge in [-0.2, -0.15) is 0 Å². The second-order valence-corrected chi connectivity index (χ2v) is 4.90. The van der Waals surface area contributed by atoms with Crippen molar-refractivity contribution in [2.24, 2.45) is 0 Å². The summed E-state index contributed by atoms with van der Waals surface area (Å²) in [5.74, 6) is 0. The zero-order valence-corrected chi connectivity index (χ0v) is 11.9. The van der Waals surface area contributed by atoms with Crippen LogP contribution >= 0.6 is 15.9 Å². The van der Waals surface area contributed by atoms with Gasteiger partial charge >= 0.3 is 0 Å². The van der Waals surface area contributed by atoms with E-state index in [1.165, 1.54) is 0 Å². The number of aliphatic hydroxyl groups is 2. The summed E-state index contributed by atoms with van der Waals surface area (Å²) in [5.41, 5.74) is 2.00. The maximum Gasteiger partial charge on any atom is 0.0762 e. The molecule has 17 heavy (non-hydrogen) atoms. The maximum atomic E-state index is 9.51. The van der Waals surface area contributed by atoms with E-state index in [2.05, 4.69) is 27.8 Å². The Morgan fingerprint density at radius 1 is 1.41 bits per heavy atom. The van der Waals surface area contributed by atoms with E-state index >= 15 is 0 Å². The van der Waals surface area contributed by atoms with Crippen molar-refractivity contribution in [2.75, 3.05) is 24.6 Å². The van der Waals surface area contributed by atoms with E-state index in [-0.39, 0.29) is 6.61 Å². The molecule has 0 saturated heterocycles. The minimum absolute atomic E-state index is 0.208. The number of anilines is 1. The van der Waals surface area contributed by atoms with Crippen LogP contribution in [0, 0.1) is 0 Å². The molecule has 1 aromatic rings. The highest BCUT2D eigenvalue weighted by molar-refractivity contribution is 9.10. The Bertz CT molecular complexity index is 355. The largest absolute Gasteiger partial charge is 0.396 e. The zero-order valence-electron chi connectivity index (χ0n) is 10.4. The number of rotatable bonds is 6. The number of aliphatic hydroxyl groups excluding tert-OH is 2. The van der Waals surface area contributed by atoms with Gasteiger partial charge in [-0.3, -0.25) is 0 Å². The molecule has 1 aromatic carbocycles. The van der Waals surface area contributed by atoms with Crippen LogP contribution in [0.3, 0.4) is 0 Å². The molecule has 0 amide bonds. The molecule has 0 aliphatic heterocycles. The van der Waals surface area contributed by atoms with Crippen LogP contribution in [-0.2, 0) is 0 Å². The number of hydrogen-bond donors (Lipinski definition) is 2. The number of benzene rings is 1. The van der Waals surface area contributed by atoms with Crippen LogP contribution in [0.25, 0.3) is 0 Å². The third-order valence-corrected chi connectivity index (χ3v) is 3.40. The van der Waals surface area contributed by atoms with Crippen molar-refractivity contribution in [3.8, 4) is 0 Å².